The highest BCUT2D eigenvalue weighted by molar-refractivity contribution is 7.26. The van der Waals surface area contributed by atoms with Crippen molar-refractivity contribution in [1.29, 1.82) is 0 Å². The third-order valence-electron chi connectivity index (χ3n) is 10.9. The predicted molar refractivity (Wildman–Crippen MR) is 236 cm³/mol. The lowest BCUT2D eigenvalue weighted by Crippen LogP contribution is -2.33. The fraction of sp³-hybridized carbons (Fsp3) is 0.0196. The average Bonchev–Trinajstić information content (AvgIpc) is 3.83. The Morgan fingerprint density at radius 1 is 0.482 bits per heavy atom. The molecule has 0 bridgehead atoms. The van der Waals surface area contributed by atoms with Crippen molar-refractivity contribution in [3.8, 4) is 27.9 Å². The van der Waals surface area contributed by atoms with Crippen LogP contribution >= 0.6 is 11.3 Å². The molecule has 0 saturated carbocycles. The smallest absolute Gasteiger partial charge is 0.160 e. The minimum atomic E-state index is -0.314. The number of para-hydroxylation sites is 2. The van der Waals surface area contributed by atoms with Crippen molar-refractivity contribution in [2.75, 3.05) is 0 Å². The fourth-order valence-corrected chi connectivity index (χ4v) is 9.50. The first kappa shape index (κ1) is 32.4. The Labute approximate surface area is 328 Å². The molecular weight excluding hydrogens is 701 g/mol. The van der Waals surface area contributed by atoms with E-state index in [2.05, 4.69) is 198 Å². The molecule has 0 spiro atoms. The van der Waals surface area contributed by atoms with Gasteiger partial charge in [0.15, 0.2) is 5.84 Å². The number of benzene rings is 8. The fourth-order valence-electron chi connectivity index (χ4n) is 8.26. The van der Waals surface area contributed by atoms with Gasteiger partial charge in [-0.25, -0.2) is 9.98 Å². The number of nitrogens with one attached hydrogen (secondary N) is 1. The average molecular weight is 735 g/mol. The largest absolute Gasteiger partial charge is 0.344 e. The summed E-state index contributed by atoms with van der Waals surface area (Å²) in [6.07, 6.45) is -0.314. The van der Waals surface area contributed by atoms with E-state index in [1.165, 1.54) is 58.7 Å². The summed E-state index contributed by atoms with van der Waals surface area (Å²) in [5.74, 6) is 1.54. The van der Waals surface area contributed by atoms with Gasteiger partial charge >= 0.3 is 0 Å². The van der Waals surface area contributed by atoms with E-state index in [4.69, 9.17) is 9.98 Å². The van der Waals surface area contributed by atoms with Crippen LogP contribution in [0.1, 0.15) is 22.9 Å². The monoisotopic (exact) mass is 734 g/mol. The van der Waals surface area contributed by atoms with E-state index in [1.807, 2.05) is 17.4 Å². The Balaban J connectivity index is 1.07. The molecule has 11 rings (SSSR count). The molecule has 2 aromatic heterocycles. The van der Waals surface area contributed by atoms with Crippen molar-refractivity contribution in [2.24, 2.45) is 9.98 Å². The molecule has 56 heavy (non-hydrogen) atoms. The van der Waals surface area contributed by atoms with E-state index in [9.17, 15) is 0 Å². The van der Waals surface area contributed by atoms with Crippen LogP contribution in [0, 0.1) is 0 Å². The molecule has 0 fully saturated rings. The second kappa shape index (κ2) is 13.3. The third kappa shape index (κ3) is 5.44. The van der Waals surface area contributed by atoms with Crippen LogP contribution in [0.5, 0.6) is 0 Å². The van der Waals surface area contributed by atoms with Gasteiger partial charge in [0.25, 0.3) is 0 Å². The molecule has 1 atom stereocenters. The predicted octanol–water partition coefficient (Wildman–Crippen LogP) is 13.0. The zero-order valence-corrected chi connectivity index (χ0v) is 31.1. The number of thiophene rings is 1. The van der Waals surface area contributed by atoms with Crippen LogP contribution in [0.3, 0.4) is 0 Å². The SMILES string of the molecule is c1ccc(C2=NC(c3cccc4c3sc3cccc(-c5ccc6c(c5)c5ccccc5n6-c5ccccc5)c34)=NC(c3cccc(-c4ccccc4)c3)N2)cc1. The molecule has 1 N–H and O–H groups in total. The van der Waals surface area contributed by atoms with E-state index < -0.39 is 0 Å². The van der Waals surface area contributed by atoms with Gasteiger partial charge in [0.2, 0.25) is 0 Å². The van der Waals surface area contributed by atoms with Crippen molar-refractivity contribution >= 4 is 65.0 Å². The molecule has 5 heteroatoms. The van der Waals surface area contributed by atoms with Gasteiger partial charge < -0.3 is 9.88 Å². The Kier molecular flexibility index (Phi) is 7.71. The number of hydrogen-bond acceptors (Lipinski definition) is 4. The number of hydrogen-bond donors (Lipinski definition) is 1. The first-order valence-electron chi connectivity index (χ1n) is 18.9. The van der Waals surface area contributed by atoms with Gasteiger partial charge in [-0.2, -0.15) is 0 Å². The highest BCUT2D eigenvalue weighted by atomic mass is 32.1. The number of nitrogens with zero attached hydrogens (tertiary/aromatic N) is 3. The first-order chi connectivity index (χ1) is 27.8. The maximum atomic E-state index is 5.35. The highest BCUT2D eigenvalue weighted by Gasteiger charge is 2.24. The van der Waals surface area contributed by atoms with Crippen LogP contribution in [0.2, 0.25) is 0 Å². The zero-order chi connectivity index (χ0) is 37.0. The van der Waals surface area contributed by atoms with Gasteiger partial charge in [0, 0.05) is 47.8 Å². The van der Waals surface area contributed by atoms with Crippen LogP contribution in [0.4, 0.5) is 0 Å². The Morgan fingerprint density at radius 2 is 1.14 bits per heavy atom. The van der Waals surface area contributed by atoms with E-state index in [-0.39, 0.29) is 6.17 Å². The number of aliphatic imine (C=N–C) groups is 2. The van der Waals surface area contributed by atoms with Gasteiger partial charge in [-0.3, -0.25) is 0 Å². The molecule has 0 aliphatic carbocycles. The molecule has 0 saturated heterocycles. The number of amidine groups is 2. The molecule has 8 aromatic carbocycles. The quantitative estimate of drug-likeness (QED) is 0.182. The van der Waals surface area contributed by atoms with Crippen molar-refractivity contribution in [1.82, 2.24) is 9.88 Å². The van der Waals surface area contributed by atoms with Crippen molar-refractivity contribution in [3.63, 3.8) is 0 Å². The summed E-state index contributed by atoms with van der Waals surface area (Å²) in [5, 5.41) is 8.64. The van der Waals surface area contributed by atoms with Crippen molar-refractivity contribution < 1.29 is 0 Å². The third-order valence-corrected chi connectivity index (χ3v) is 12.1. The van der Waals surface area contributed by atoms with Gasteiger partial charge in [0.05, 0.1) is 11.0 Å². The van der Waals surface area contributed by atoms with Gasteiger partial charge in [0.1, 0.15) is 12.0 Å². The van der Waals surface area contributed by atoms with Crippen LogP contribution in [0.25, 0.3) is 69.9 Å². The molecule has 10 aromatic rings. The van der Waals surface area contributed by atoms with Crippen molar-refractivity contribution in [3.05, 3.63) is 211 Å². The number of aromatic nitrogens is 1. The summed E-state index contributed by atoms with van der Waals surface area (Å²) in [7, 11) is 0. The lowest BCUT2D eigenvalue weighted by atomic mass is 9.97. The maximum absolute atomic E-state index is 5.35. The molecule has 0 amide bonds. The minimum Gasteiger partial charge on any atom is -0.344 e. The molecule has 1 aliphatic rings. The summed E-state index contributed by atoms with van der Waals surface area (Å²) < 4.78 is 4.80. The Hall–Kier alpha value is -7.08. The summed E-state index contributed by atoms with van der Waals surface area (Å²) in [6.45, 7) is 0. The maximum Gasteiger partial charge on any atom is 0.160 e. The zero-order valence-electron chi connectivity index (χ0n) is 30.3. The van der Waals surface area contributed by atoms with E-state index >= 15 is 0 Å². The molecular formula is C51H34N4S. The lowest BCUT2D eigenvalue weighted by molar-refractivity contribution is 0.674. The van der Waals surface area contributed by atoms with Crippen LogP contribution in [-0.4, -0.2) is 16.2 Å². The highest BCUT2D eigenvalue weighted by Crippen LogP contribution is 2.43. The molecule has 264 valence electrons. The summed E-state index contributed by atoms with van der Waals surface area (Å²) in [5.41, 5.74) is 11.5. The normalized spacial score (nSPS) is 14.2. The van der Waals surface area contributed by atoms with Gasteiger partial charge in [-0.1, -0.05) is 146 Å². The van der Waals surface area contributed by atoms with Gasteiger partial charge in [-0.05, 0) is 76.3 Å². The molecule has 3 heterocycles. The molecule has 1 unspecified atom stereocenters. The Morgan fingerprint density at radius 3 is 1.98 bits per heavy atom. The second-order valence-corrected chi connectivity index (χ2v) is 15.3. The first-order valence-corrected chi connectivity index (χ1v) is 19.8. The molecule has 0 radical (unpaired) electrons. The van der Waals surface area contributed by atoms with E-state index in [1.54, 1.807) is 0 Å². The lowest BCUT2D eigenvalue weighted by Gasteiger charge is -2.24. The van der Waals surface area contributed by atoms with Gasteiger partial charge in [-0.15, -0.1) is 11.3 Å². The number of rotatable bonds is 6. The summed E-state index contributed by atoms with van der Waals surface area (Å²) in [4.78, 5) is 10.6. The molecule has 4 nitrogen and oxygen atoms in total. The van der Waals surface area contributed by atoms with E-state index in [0.717, 1.165) is 39.6 Å². The minimum absolute atomic E-state index is 0.314. The summed E-state index contributed by atoms with van der Waals surface area (Å²) in [6, 6.07) is 69.1. The van der Waals surface area contributed by atoms with E-state index in [0.29, 0.717) is 0 Å². The standard InChI is InChI=1S/C51H34N4S/c1-4-15-33(16-5-1)35-19-12-20-37(31-35)50-52-49(34-17-6-2-7-18-34)53-51(54-50)42-26-13-25-41-47-39(24-14-28-46(47)56-48(41)42)36-29-30-45-43(32-36)40-23-10-11-27-44(40)55(45)38-21-8-3-9-22-38/h1-32,50H,(H,52,53,54). The van der Waals surface area contributed by atoms with Crippen molar-refractivity contribution in [2.45, 2.75) is 6.17 Å². The topological polar surface area (TPSA) is 41.7 Å². The summed E-state index contributed by atoms with van der Waals surface area (Å²) >= 11 is 1.82. The van der Waals surface area contributed by atoms with Crippen LogP contribution in [0.15, 0.2) is 204 Å². The Bertz CT molecular complexity index is 3160. The van der Waals surface area contributed by atoms with Crippen LogP contribution < -0.4 is 5.32 Å². The molecule has 1 aliphatic heterocycles. The number of fused-ring (bicyclic) bond motifs is 6. The van der Waals surface area contributed by atoms with Crippen LogP contribution in [-0.2, 0) is 0 Å². The second-order valence-electron chi connectivity index (χ2n) is 14.2.